The van der Waals surface area contributed by atoms with Gasteiger partial charge in [0.15, 0.2) is 0 Å². The summed E-state index contributed by atoms with van der Waals surface area (Å²) in [6.07, 6.45) is 8.42. The van der Waals surface area contributed by atoms with Crippen LogP contribution in [0.2, 0.25) is 0 Å². The first-order valence-electron chi connectivity index (χ1n) is 7.40. The van der Waals surface area contributed by atoms with Crippen LogP contribution in [0.1, 0.15) is 59.3 Å². The number of hydrogen-bond acceptors (Lipinski definition) is 2. The third-order valence-electron chi connectivity index (χ3n) is 3.89. The van der Waals surface area contributed by atoms with Gasteiger partial charge >= 0.3 is 0 Å². The molecule has 0 aromatic carbocycles. The van der Waals surface area contributed by atoms with Crippen LogP contribution in [0.3, 0.4) is 0 Å². The van der Waals surface area contributed by atoms with Crippen LogP contribution >= 0.6 is 0 Å². The Morgan fingerprint density at radius 1 is 1.06 bits per heavy atom. The summed E-state index contributed by atoms with van der Waals surface area (Å²) in [5.41, 5.74) is 0.461. The molecule has 0 atom stereocenters. The van der Waals surface area contributed by atoms with Crippen molar-refractivity contribution in [3.05, 3.63) is 0 Å². The maximum Gasteiger partial charge on any atom is 0.0107 e. The van der Waals surface area contributed by atoms with E-state index in [1.165, 1.54) is 45.1 Å². The van der Waals surface area contributed by atoms with Gasteiger partial charge in [-0.1, -0.05) is 40.0 Å². The fourth-order valence-corrected chi connectivity index (χ4v) is 2.55. The Morgan fingerprint density at radius 3 is 2.29 bits per heavy atom. The quantitative estimate of drug-likeness (QED) is 0.717. The van der Waals surface area contributed by atoms with Crippen molar-refractivity contribution >= 4 is 0 Å². The average molecular weight is 240 g/mol. The third-order valence-corrected chi connectivity index (χ3v) is 3.89. The Hall–Kier alpha value is -0.0800. The lowest BCUT2D eigenvalue weighted by Crippen LogP contribution is -2.38. The fraction of sp³-hybridized carbons (Fsp3) is 1.00. The highest BCUT2D eigenvalue weighted by Crippen LogP contribution is 2.21. The zero-order chi connectivity index (χ0) is 12.7. The number of nitrogens with zero attached hydrogens (tertiary/aromatic N) is 1. The Balaban J connectivity index is 2.01. The second-order valence-electron chi connectivity index (χ2n) is 6.83. The second kappa shape index (κ2) is 7.38. The van der Waals surface area contributed by atoms with Gasteiger partial charge in [0.05, 0.1) is 0 Å². The summed E-state index contributed by atoms with van der Waals surface area (Å²) in [5, 5.41) is 3.57. The lowest BCUT2D eigenvalue weighted by molar-refractivity contribution is 0.191. The SMILES string of the molecule is CN(CCNCCC(C)(C)C)C1CCCCC1. The van der Waals surface area contributed by atoms with Crippen LogP contribution in [0, 0.1) is 5.41 Å². The molecule has 1 aliphatic carbocycles. The number of hydrogen-bond donors (Lipinski definition) is 1. The molecule has 0 saturated heterocycles. The molecule has 1 fully saturated rings. The van der Waals surface area contributed by atoms with Gasteiger partial charge in [0.25, 0.3) is 0 Å². The molecule has 0 unspecified atom stereocenters. The van der Waals surface area contributed by atoms with Crippen molar-refractivity contribution in [2.75, 3.05) is 26.7 Å². The minimum atomic E-state index is 0.461. The van der Waals surface area contributed by atoms with Crippen molar-refractivity contribution in [3.63, 3.8) is 0 Å². The van der Waals surface area contributed by atoms with Crippen LogP contribution in [-0.2, 0) is 0 Å². The lowest BCUT2D eigenvalue weighted by Gasteiger charge is -2.31. The first-order valence-corrected chi connectivity index (χ1v) is 7.40. The maximum absolute atomic E-state index is 3.57. The predicted molar refractivity (Wildman–Crippen MR) is 76.4 cm³/mol. The van der Waals surface area contributed by atoms with Crippen LogP contribution in [0.25, 0.3) is 0 Å². The van der Waals surface area contributed by atoms with Crippen molar-refractivity contribution in [2.24, 2.45) is 5.41 Å². The van der Waals surface area contributed by atoms with Gasteiger partial charge in [-0.25, -0.2) is 0 Å². The highest BCUT2D eigenvalue weighted by Gasteiger charge is 2.17. The summed E-state index contributed by atoms with van der Waals surface area (Å²) >= 11 is 0. The van der Waals surface area contributed by atoms with Gasteiger partial charge in [-0.2, -0.15) is 0 Å². The molecule has 0 aromatic heterocycles. The zero-order valence-electron chi connectivity index (χ0n) is 12.4. The normalized spacial score (nSPS) is 18.9. The van der Waals surface area contributed by atoms with Crippen LogP contribution < -0.4 is 5.32 Å². The standard InChI is InChI=1S/C15H32N2/c1-15(2,3)10-11-16-12-13-17(4)14-8-6-5-7-9-14/h14,16H,5-13H2,1-4H3. The summed E-state index contributed by atoms with van der Waals surface area (Å²) in [4.78, 5) is 2.56. The predicted octanol–water partition coefficient (Wildman–Crippen LogP) is 3.28. The maximum atomic E-state index is 3.57. The Morgan fingerprint density at radius 2 is 1.71 bits per heavy atom. The lowest BCUT2D eigenvalue weighted by atomic mass is 9.92. The van der Waals surface area contributed by atoms with Gasteiger partial charge in [0.1, 0.15) is 0 Å². The van der Waals surface area contributed by atoms with E-state index in [1.54, 1.807) is 0 Å². The van der Waals surface area contributed by atoms with Crippen molar-refractivity contribution < 1.29 is 0 Å². The van der Waals surface area contributed by atoms with Gasteiger partial charge in [0.2, 0.25) is 0 Å². The molecule has 102 valence electrons. The molecule has 0 heterocycles. The average Bonchev–Trinajstić information content (AvgIpc) is 2.28. The highest BCUT2D eigenvalue weighted by atomic mass is 15.1. The first-order chi connectivity index (χ1) is 7.99. The van der Waals surface area contributed by atoms with Crippen LogP contribution in [-0.4, -0.2) is 37.6 Å². The van der Waals surface area contributed by atoms with E-state index in [1.807, 2.05) is 0 Å². The van der Waals surface area contributed by atoms with Gasteiger partial charge < -0.3 is 10.2 Å². The molecule has 0 aliphatic heterocycles. The minimum Gasteiger partial charge on any atom is -0.315 e. The van der Waals surface area contributed by atoms with E-state index < -0.39 is 0 Å². The molecule has 17 heavy (non-hydrogen) atoms. The molecular formula is C15H32N2. The number of nitrogens with one attached hydrogen (secondary N) is 1. The summed E-state index contributed by atoms with van der Waals surface area (Å²) in [6.45, 7) is 10.4. The molecule has 0 amide bonds. The van der Waals surface area contributed by atoms with Gasteiger partial charge in [-0.05, 0) is 38.3 Å². The van der Waals surface area contributed by atoms with E-state index in [9.17, 15) is 0 Å². The van der Waals surface area contributed by atoms with Gasteiger partial charge in [0, 0.05) is 19.1 Å². The molecule has 1 N–H and O–H groups in total. The molecule has 2 heteroatoms. The van der Waals surface area contributed by atoms with Crippen molar-refractivity contribution in [3.8, 4) is 0 Å². The second-order valence-corrected chi connectivity index (χ2v) is 6.83. The van der Waals surface area contributed by atoms with Crippen molar-refractivity contribution in [1.29, 1.82) is 0 Å². The first kappa shape index (κ1) is 15.0. The van der Waals surface area contributed by atoms with E-state index in [2.05, 4.69) is 38.0 Å². The van der Waals surface area contributed by atoms with Gasteiger partial charge in [-0.15, -0.1) is 0 Å². The molecule has 0 bridgehead atoms. The minimum absolute atomic E-state index is 0.461. The number of rotatable bonds is 6. The smallest absolute Gasteiger partial charge is 0.0107 e. The van der Waals surface area contributed by atoms with Crippen molar-refractivity contribution in [1.82, 2.24) is 10.2 Å². The summed E-state index contributed by atoms with van der Waals surface area (Å²) in [6, 6.07) is 0.855. The molecule has 0 aromatic rings. The summed E-state index contributed by atoms with van der Waals surface area (Å²) in [7, 11) is 2.29. The fourth-order valence-electron chi connectivity index (χ4n) is 2.55. The van der Waals surface area contributed by atoms with E-state index in [0.717, 1.165) is 19.1 Å². The molecule has 1 rings (SSSR count). The molecule has 1 saturated carbocycles. The summed E-state index contributed by atoms with van der Waals surface area (Å²) < 4.78 is 0. The molecule has 0 radical (unpaired) electrons. The topological polar surface area (TPSA) is 15.3 Å². The Labute approximate surface area is 108 Å². The molecule has 0 spiro atoms. The van der Waals surface area contributed by atoms with E-state index >= 15 is 0 Å². The zero-order valence-corrected chi connectivity index (χ0v) is 12.4. The highest BCUT2D eigenvalue weighted by molar-refractivity contribution is 4.74. The van der Waals surface area contributed by atoms with Crippen molar-refractivity contribution in [2.45, 2.75) is 65.3 Å². The van der Waals surface area contributed by atoms with Crippen LogP contribution in [0.5, 0.6) is 0 Å². The Bertz CT molecular complexity index is 190. The molecular weight excluding hydrogens is 208 g/mol. The third kappa shape index (κ3) is 7.05. The van der Waals surface area contributed by atoms with Gasteiger partial charge in [-0.3, -0.25) is 0 Å². The molecule has 1 aliphatic rings. The van der Waals surface area contributed by atoms with E-state index in [-0.39, 0.29) is 0 Å². The largest absolute Gasteiger partial charge is 0.315 e. The number of likely N-dealkylation sites (N-methyl/N-ethyl adjacent to an activating group) is 1. The monoisotopic (exact) mass is 240 g/mol. The molecule has 2 nitrogen and oxygen atoms in total. The summed E-state index contributed by atoms with van der Waals surface area (Å²) in [5.74, 6) is 0. The van der Waals surface area contributed by atoms with E-state index in [4.69, 9.17) is 0 Å². The van der Waals surface area contributed by atoms with Crippen LogP contribution in [0.15, 0.2) is 0 Å². The van der Waals surface area contributed by atoms with Crippen LogP contribution in [0.4, 0.5) is 0 Å². The Kier molecular flexibility index (Phi) is 6.50. The van der Waals surface area contributed by atoms with E-state index in [0.29, 0.717) is 5.41 Å².